The molecule has 2 aliphatic carbocycles. The fourth-order valence-corrected chi connectivity index (χ4v) is 8.02. The van der Waals surface area contributed by atoms with Gasteiger partial charge < -0.3 is 19.9 Å². The smallest absolute Gasteiger partial charge is 0.252 e. The molecule has 4 aliphatic rings. The van der Waals surface area contributed by atoms with Crippen LogP contribution in [-0.2, 0) is 11.2 Å². The predicted octanol–water partition coefficient (Wildman–Crippen LogP) is 4.61. The number of para-hydroxylation sites is 1. The van der Waals surface area contributed by atoms with Crippen molar-refractivity contribution in [3.05, 3.63) is 58.7 Å². The van der Waals surface area contributed by atoms with E-state index in [0.29, 0.717) is 17.2 Å². The molecule has 2 aliphatic heterocycles. The van der Waals surface area contributed by atoms with Crippen LogP contribution in [0.5, 0.6) is 11.5 Å². The van der Waals surface area contributed by atoms with Gasteiger partial charge in [-0.15, -0.1) is 0 Å². The molecule has 1 amide bonds. The number of hydrogen-bond donors (Lipinski definition) is 2. The molecule has 6 heteroatoms. The first kappa shape index (κ1) is 23.5. The molecule has 6 nitrogen and oxygen atoms in total. The van der Waals surface area contributed by atoms with Crippen LogP contribution in [0.3, 0.4) is 0 Å². The number of ketones is 1. The Kier molecular flexibility index (Phi) is 4.95. The highest BCUT2D eigenvalue weighted by molar-refractivity contribution is 6.01. The number of hydrogen-bond acceptors (Lipinski definition) is 5. The highest BCUT2D eigenvalue weighted by atomic mass is 16.5. The number of ether oxygens (including phenoxy) is 2. The molecule has 0 bridgehead atoms. The zero-order valence-electron chi connectivity index (χ0n) is 21.7. The lowest BCUT2D eigenvalue weighted by Crippen LogP contribution is -2.72. The van der Waals surface area contributed by atoms with Crippen LogP contribution in [0.4, 0.5) is 0 Å². The Morgan fingerprint density at radius 2 is 1.83 bits per heavy atom. The first-order valence-corrected chi connectivity index (χ1v) is 13.1. The summed E-state index contributed by atoms with van der Waals surface area (Å²) in [4.78, 5) is 26.3. The third-order valence-corrected chi connectivity index (χ3v) is 10.2. The Hall–Kier alpha value is -2.86. The lowest BCUT2D eigenvalue weighted by atomic mass is 9.43. The summed E-state index contributed by atoms with van der Waals surface area (Å²) in [6.45, 7) is 8.49. The fraction of sp³-hybridized carbons (Fsp3) is 0.533. The second kappa shape index (κ2) is 7.58. The van der Waals surface area contributed by atoms with E-state index in [1.165, 1.54) is 0 Å². The van der Waals surface area contributed by atoms with Crippen LogP contribution in [0.2, 0.25) is 0 Å². The van der Waals surface area contributed by atoms with Crippen molar-refractivity contribution < 1.29 is 24.2 Å². The second-order valence-electron chi connectivity index (χ2n) is 12.1. The monoisotopic (exact) mass is 489 g/mol. The van der Waals surface area contributed by atoms with Crippen LogP contribution in [0.25, 0.3) is 0 Å². The molecule has 0 radical (unpaired) electrons. The van der Waals surface area contributed by atoms with Crippen molar-refractivity contribution in [3.63, 3.8) is 0 Å². The maximum Gasteiger partial charge on any atom is 0.252 e. The molecule has 2 saturated carbocycles. The molecule has 2 aromatic rings. The van der Waals surface area contributed by atoms with E-state index in [0.717, 1.165) is 41.7 Å². The molecular weight excluding hydrogens is 454 g/mol. The quantitative estimate of drug-likeness (QED) is 0.643. The molecule has 2 heterocycles. The van der Waals surface area contributed by atoms with Crippen LogP contribution in [-0.4, -0.2) is 35.6 Å². The topological polar surface area (TPSA) is 84.9 Å². The summed E-state index contributed by atoms with van der Waals surface area (Å²) in [6, 6.07) is 11.3. The van der Waals surface area contributed by atoms with E-state index in [-0.39, 0.29) is 29.4 Å². The fourth-order valence-electron chi connectivity index (χ4n) is 8.02. The van der Waals surface area contributed by atoms with Crippen molar-refractivity contribution in [3.8, 4) is 11.5 Å². The molecule has 190 valence electrons. The molecule has 6 atom stereocenters. The summed E-state index contributed by atoms with van der Waals surface area (Å²) in [6.07, 6.45) is 1.88. The van der Waals surface area contributed by atoms with Gasteiger partial charge in [0, 0.05) is 39.9 Å². The van der Waals surface area contributed by atoms with Crippen LogP contribution in [0.15, 0.2) is 36.4 Å². The largest absolute Gasteiger partial charge is 0.496 e. The van der Waals surface area contributed by atoms with E-state index >= 15 is 0 Å². The Morgan fingerprint density at radius 1 is 1.08 bits per heavy atom. The second-order valence-corrected chi connectivity index (χ2v) is 12.1. The van der Waals surface area contributed by atoms with Gasteiger partial charge in [-0.1, -0.05) is 52.0 Å². The molecule has 2 aromatic carbocycles. The molecular formula is C30H35NO5. The maximum atomic E-state index is 13.2. The van der Waals surface area contributed by atoms with Gasteiger partial charge in [0.15, 0.2) is 5.78 Å². The zero-order chi connectivity index (χ0) is 25.6. The average molecular weight is 490 g/mol. The van der Waals surface area contributed by atoms with Crippen LogP contribution < -0.4 is 14.8 Å². The summed E-state index contributed by atoms with van der Waals surface area (Å²) in [5, 5.41) is 14.2. The standard InChI is InChI=1S/C30H35NO5/c1-16-10-13-22-28(2,3)26(33)20(32)15-30(22)29(16,4)14-17-11-12-19-23(25(17)36-30)24(31-27(19)34)18-8-6-7-9-21(18)35-5/h6-9,11-12,16,20,22,24,32H,10,13-15H2,1-5H3,(H,31,34)/t16-,20?,22-,24?,29+,30-/m0/s1. The number of carbonyl (C=O) groups is 2. The van der Waals surface area contributed by atoms with E-state index in [4.69, 9.17) is 9.47 Å². The third-order valence-electron chi connectivity index (χ3n) is 10.2. The molecule has 6 rings (SSSR count). The summed E-state index contributed by atoms with van der Waals surface area (Å²) in [5.74, 6) is 1.54. The molecule has 1 spiro atoms. The minimum atomic E-state index is -1.07. The van der Waals surface area contributed by atoms with Gasteiger partial charge in [0.2, 0.25) is 0 Å². The Morgan fingerprint density at radius 3 is 2.58 bits per heavy atom. The van der Waals surface area contributed by atoms with E-state index in [1.807, 2.05) is 50.2 Å². The van der Waals surface area contributed by atoms with E-state index in [9.17, 15) is 14.7 Å². The number of carbonyl (C=O) groups excluding carboxylic acids is 2. The normalized spacial score (nSPS) is 36.1. The summed E-state index contributed by atoms with van der Waals surface area (Å²) in [7, 11) is 1.63. The molecule has 0 saturated heterocycles. The SMILES string of the molecule is COc1ccccc1C1NC(=O)c2ccc3c(c21)O[C@@]12CC(O)C(=O)C(C)(C)[C@@H]1CC[C@H](C)[C@@]2(C)C3. The van der Waals surface area contributed by atoms with Crippen LogP contribution in [0, 0.1) is 22.7 Å². The van der Waals surface area contributed by atoms with Gasteiger partial charge in [-0.3, -0.25) is 9.59 Å². The van der Waals surface area contributed by atoms with Crippen molar-refractivity contribution in [1.29, 1.82) is 0 Å². The van der Waals surface area contributed by atoms with Crippen molar-refractivity contribution >= 4 is 11.7 Å². The Labute approximate surface area is 212 Å². The van der Waals surface area contributed by atoms with Gasteiger partial charge in [0.1, 0.15) is 23.2 Å². The summed E-state index contributed by atoms with van der Waals surface area (Å²) >= 11 is 0. The third kappa shape index (κ3) is 2.82. The van der Waals surface area contributed by atoms with E-state index < -0.39 is 23.2 Å². The van der Waals surface area contributed by atoms with Crippen LogP contribution >= 0.6 is 0 Å². The predicted molar refractivity (Wildman–Crippen MR) is 135 cm³/mol. The van der Waals surface area contributed by atoms with Crippen molar-refractivity contribution in [2.45, 2.75) is 71.1 Å². The van der Waals surface area contributed by atoms with Crippen molar-refractivity contribution in [1.82, 2.24) is 5.32 Å². The van der Waals surface area contributed by atoms with Crippen molar-refractivity contribution in [2.24, 2.45) is 22.7 Å². The van der Waals surface area contributed by atoms with E-state index in [2.05, 4.69) is 19.2 Å². The molecule has 0 aromatic heterocycles. The number of benzene rings is 2. The van der Waals surface area contributed by atoms with Crippen molar-refractivity contribution in [2.75, 3.05) is 7.11 Å². The first-order valence-electron chi connectivity index (χ1n) is 13.1. The van der Waals surface area contributed by atoms with Gasteiger partial charge >= 0.3 is 0 Å². The molecule has 2 fully saturated rings. The van der Waals surface area contributed by atoms with Gasteiger partial charge in [0.05, 0.1) is 13.2 Å². The van der Waals surface area contributed by atoms with Gasteiger partial charge in [-0.25, -0.2) is 0 Å². The summed E-state index contributed by atoms with van der Waals surface area (Å²) in [5.41, 5.74) is 1.73. The number of methoxy groups -OCH3 is 1. The van der Waals surface area contributed by atoms with Crippen LogP contribution in [0.1, 0.15) is 80.0 Å². The number of aliphatic hydroxyl groups excluding tert-OH is 1. The number of rotatable bonds is 2. The zero-order valence-corrected chi connectivity index (χ0v) is 21.7. The average Bonchev–Trinajstić information content (AvgIpc) is 3.19. The highest BCUT2D eigenvalue weighted by Crippen LogP contribution is 2.66. The number of aliphatic hydroxyl groups is 1. The highest BCUT2D eigenvalue weighted by Gasteiger charge is 2.69. The van der Waals surface area contributed by atoms with Gasteiger partial charge in [-0.2, -0.15) is 0 Å². The first-order chi connectivity index (χ1) is 17.0. The van der Waals surface area contributed by atoms with Gasteiger partial charge in [0.25, 0.3) is 5.91 Å². The maximum absolute atomic E-state index is 13.2. The Bertz CT molecular complexity index is 1280. The van der Waals surface area contributed by atoms with Gasteiger partial charge in [-0.05, 0) is 42.9 Å². The minimum Gasteiger partial charge on any atom is -0.496 e. The molecule has 36 heavy (non-hydrogen) atoms. The Balaban J connectivity index is 1.57. The lowest BCUT2D eigenvalue weighted by Gasteiger charge is -2.66. The molecule has 2 unspecified atom stereocenters. The number of fused-ring (bicyclic) bond motifs is 3. The van der Waals surface area contributed by atoms with E-state index in [1.54, 1.807) is 7.11 Å². The summed E-state index contributed by atoms with van der Waals surface area (Å²) < 4.78 is 12.9. The number of amides is 1. The number of Topliss-reactive ketones (excluding diaryl/α,β-unsaturated/α-hetero) is 1. The molecule has 2 N–H and O–H groups in total. The number of nitrogens with one attached hydrogen (secondary N) is 1. The minimum absolute atomic E-state index is 0.0270. The lowest BCUT2D eigenvalue weighted by molar-refractivity contribution is -0.223.